The standard InChI is InChI=1S/C14H11ClO.C14H12O2/c2*1-10-4-2-3-5-13(10)11-6-8-12(9-7-11)14(15)16/h2-9H,1H3;2-9H,1H3,(H,15,16). The van der Waals surface area contributed by atoms with Crippen molar-refractivity contribution in [2.45, 2.75) is 13.8 Å². The van der Waals surface area contributed by atoms with E-state index in [-0.39, 0.29) is 0 Å². The number of rotatable bonds is 4. The van der Waals surface area contributed by atoms with Crippen LogP contribution in [-0.2, 0) is 0 Å². The van der Waals surface area contributed by atoms with Crippen molar-refractivity contribution in [3.63, 3.8) is 0 Å². The van der Waals surface area contributed by atoms with Crippen molar-refractivity contribution in [1.29, 1.82) is 0 Å². The van der Waals surface area contributed by atoms with Crippen LogP contribution < -0.4 is 0 Å². The normalized spacial score (nSPS) is 10.1. The number of aryl methyl sites for hydroxylation is 2. The average molecular weight is 443 g/mol. The van der Waals surface area contributed by atoms with E-state index in [1.54, 1.807) is 24.3 Å². The molecule has 4 aromatic rings. The van der Waals surface area contributed by atoms with E-state index >= 15 is 0 Å². The predicted octanol–water partition coefficient (Wildman–Crippen LogP) is 7.40. The molecular formula is C28H23ClO3. The van der Waals surface area contributed by atoms with Crippen molar-refractivity contribution in [2.24, 2.45) is 0 Å². The molecule has 0 saturated heterocycles. The number of hydrogen-bond donors (Lipinski definition) is 1. The van der Waals surface area contributed by atoms with E-state index in [4.69, 9.17) is 16.7 Å². The number of carboxylic acid groups (broad SMARTS) is 1. The molecule has 0 spiro atoms. The Hall–Kier alpha value is -3.69. The van der Waals surface area contributed by atoms with Gasteiger partial charge in [0.05, 0.1) is 5.56 Å². The summed E-state index contributed by atoms with van der Waals surface area (Å²) in [6.07, 6.45) is 0. The zero-order valence-electron chi connectivity index (χ0n) is 17.9. The predicted molar refractivity (Wildman–Crippen MR) is 130 cm³/mol. The molecule has 0 aliphatic heterocycles. The summed E-state index contributed by atoms with van der Waals surface area (Å²) in [5.41, 5.74) is 7.70. The van der Waals surface area contributed by atoms with Gasteiger partial charge in [-0.2, -0.15) is 0 Å². The van der Waals surface area contributed by atoms with Crippen LogP contribution in [0.1, 0.15) is 31.8 Å². The van der Waals surface area contributed by atoms with E-state index in [1.165, 1.54) is 16.7 Å². The minimum absolute atomic E-state index is 0.317. The molecule has 32 heavy (non-hydrogen) atoms. The van der Waals surface area contributed by atoms with Gasteiger partial charge in [-0.1, -0.05) is 72.8 Å². The van der Waals surface area contributed by atoms with Crippen LogP contribution in [0.3, 0.4) is 0 Å². The molecule has 0 radical (unpaired) electrons. The fourth-order valence-corrected chi connectivity index (χ4v) is 3.49. The van der Waals surface area contributed by atoms with Crippen molar-refractivity contribution in [3.8, 4) is 22.3 Å². The van der Waals surface area contributed by atoms with E-state index in [9.17, 15) is 9.59 Å². The largest absolute Gasteiger partial charge is 0.478 e. The molecule has 0 bridgehead atoms. The number of benzene rings is 4. The first kappa shape index (κ1) is 23.0. The van der Waals surface area contributed by atoms with Gasteiger partial charge in [-0.15, -0.1) is 0 Å². The molecule has 4 aromatic carbocycles. The highest BCUT2D eigenvalue weighted by Crippen LogP contribution is 2.24. The quantitative estimate of drug-likeness (QED) is 0.335. The summed E-state index contributed by atoms with van der Waals surface area (Å²) in [4.78, 5) is 21.6. The molecule has 1 N–H and O–H groups in total. The van der Waals surface area contributed by atoms with Crippen LogP contribution in [0.25, 0.3) is 22.3 Å². The summed E-state index contributed by atoms with van der Waals surface area (Å²) in [6.45, 7) is 4.11. The molecule has 4 heteroatoms. The maximum atomic E-state index is 10.9. The smallest absolute Gasteiger partial charge is 0.335 e. The first-order valence-electron chi connectivity index (χ1n) is 10.1. The minimum atomic E-state index is -0.892. The Morgan fingerprint density at radius 2 is 0.969 bits per heavy atom. The Bertz CT molecular complexity index is 1130. The molecule has 0 atom stereocenters. The van der Waals surface area contributed by atoms with E-state index in [1.807, 2.05) is 67.6 Å². The highest BCUT2D eigenvalue weighted by atomic mass is 35.5. The molecular weight excluding hydrogens is 420 g/mol. The molecule has 0 amide bonds. The third-order valence-electron chi connectivity index (χ3n) is 5.16. The van der Waals surface area contributed by atoms with Gasteiger partial charge in [0.1, 0.15) is 0 Å². The number of halogens is 1. The van der Waals surface area contributed by atoms with Gasteiger partial charge in [-0.3, -0.25) is 4.79 Å². The van der Waals surface area contributed by atoms with Gasteiger partial charge in [0, 0.05) is 5.56 Å². The zero-order chi connectivity index (χ0) is 23.1. The summed E-state index contributed by atoms with van der Waals surface area (Å²) in [5.74, 6) is -0.892. The summed E-state index contributed by atoms with van der Waals surface area (Å²) < 4.78 is 0. The Balaban J connectivity index is 0.000000181. The molecule has 0 aromatic heterocycles. The van der Waals surface area contributed by atoms with Gasteiger partial charge in [-0.25, -0.2) is 4.79 Å². The second-order valence-corrected chi connectivity index (χ2v) is 7.71. The maximum Gasteiger partial charge on any atom is 0.335 e. The molecule has 3 nitrogen and oxygen atoms in total. The van der Waals surface area contributed by atoms with Crippen molar-refractivity contribution in [1.82, 2.24) is 0 Å². The fraction of sp³-hybridized carbons (Fsp3) is 0.0714. The summed E-state index contributed by atoms with van der Waals surface area (Å²) >= 11 is 5.39. The second kappa shape index (κ2) is 10.6. The van der Waals surface area contributed by atoms with Gasteiger partial charge in [0.15, 0.2) is 0 Å². The zero-order valence-corrected chi connectivity index (χ0v) is 18.6. The molecule has 160 valence electrons. The van der Waals surface area contributed by atoms with Crippen molar-refractivity contribution >= 4 is 22.8 Å². The van der Waals surface area contributed by atoms with Crippen LogP contribution in [0.15, 0.2) is 97.1 Å². The lowest BCUT2D eigenvalue weighted by Crippen LogP contribution is -1.95. The van der Waals surface area contributed by atoms with Crippen LogP contribution in [-0.4, -0.2) is 16.3 Å². The first-order chi connectivity index (χ1) is 15.4. The Labute approximate surface area is 192 Å². The molecule has 0 heterocycles. The number of carbonyl (C=O) groups is 2. The Kier molecular flexibility index (Phi) is 7.58. The monoisotopic (exact) mass is 442 g/mol. The third kappa shape index (κ3) is 5.71. The first-order valence-corrected chi connectivity index (χ1v) is 10.5. The van der Waals surface area contributed by atoms with E-state index in [0.717, 1.165) is 16.7 Å². The van der Waals surface area contributed by atoms with Gasteiger partial charge < -0.3 is 5.11 Å². The molecule has 0 fully saturated rings. The second-order valence-electron chi connectivity index (χ2n) is 7.36. The van der Waals surface area contributed by atoms with Crippen LogP contribution in [0, 0.1) is 13.8 Å². The maximum absolute atomic E-state index is 10.9. The number of aromatic carboxylic acids is 1. The highest BCUT2D eigenvalue weighted by Gasteiger charge is 2.05. The van der Waals surface area contributed by atoms with Crippen LogP contribution in [0.2, 0.25) is 0 Å². The Morgan fingerprint density at radius 1 is 0.594 bits per heavy atom. The SMILES string of the molecule is Cc1ccccc1-c1ccc(C(=O)Cl)cc1.Cc1ccccc1-c1ccc(C(=O)O)cc1. The number of hydrogen-bond acceptors (Lipinski definition) is 2. The fourth-order valence-electron chi connectivity index (χ4n) is 3.37. The minimum Gasteiger partial charge on any atom is -0.478 e. The van der Waals surface area contributed by atoms with E-state index in [2.05, 4.69) is 19.1 Å². The topological polar surface area (TPSA) is 54.4 Å². The molecule has 4 rings (SSSR count). The molecule has 0 saturated carbocycles. The van der Waals surface area contributed by atoms with Crippen molar-refractivity contribution in [2.75, 3.05) is 0 Å². The van der Waals surface area contributed by atoms with Gasteiger partial charge in [-0.05, 0) is 83.1 Å². The average Bonchev–Trinajstić information content (AvgIpc) is 2.80. The lowest BCUT2D eigenvalue weighted by atomic mass is 10.00. The van der Waals surface area contributed by atoms with Crippen LogP contribution in [0.5, 0.6) is 0 Å². The van der Waals surface area contributed by atoms with Crippen molar-refractivity contribution < 1.29 is 14.7 Å². The number of carboxylic acids is 1. The molecule has 0 aliphatic carbocycles. The lowest BCUT2D eigenvalue weighted by Gasteiger charge is -2.05. The van der Waals surface area contributed by atoms with Crippen LogP contribution in [0.4, 0.5) is 0 Å². The Morgan fingerprint density at radius 3 is 1.31 bits per heavy atom. The van der Waals surface area contributed by atoms with Gasteiger partial charge >= 0.3 is 5.97 Å². The van der Waals surface area contributed by atoms with Crippen molar-refractivity contribution in [3.05, 3.63) is 119 Å². The lowest BCUT2D eigenvalue weighted by molar-refractivity contribution is 0.0696. The molecule has 0 aliphatic rings. The van der Waals surface area contributed by atoms with E-state index in [0.29, 0.717) is 11.1 Å². The summed E-state index contributed by atoms with van der Waals surface area (Å²) in [6, 6.07) is 30.4. The van der Waals surface area contributed by atoms with E-state index < -0.39 is 11.2 Å². The summed E-state index contributed by atoms with van der Waals surface area (Å²) in [7, 11) is 0. The summed E-state index contributed by atoms with van der Waals surface area (Å²) in [5, 5.41) is 8.38. The highest BCUT2D eigenvalue weighted by molar-refractivity contribution is 6.67. The van der Waals surface area contributed by atoms with Crippen LogP contribution >= 0.6 is 11.6 Å². The number of carbonyl (C=O) groups excluding carboxylic acids is 1. The van der Waals surface area contributed by atoms with Gasteiger partial charge in [0.2, 0.25) is 0 Å². The van der Waals surface area contributed by atoms with Gasteiger partial charge in [0.25, 0.3) is 5.24 Å². The third-order valence-corrected chi connectivity index (χ3v) is 5.37. The molecule has 0 unspecified atom stereocenters.